The topological polar surface area (TPSA) is 59.4 Å². The first kappa shape index (κ1) is 20.3. The Kier molecular flexibility index (Phi) is 6.03. The van der Waals surface area contributed by atoms with Gasteiger partial charge < -0.3 is 19.5 Å². The van der Waals surface area contributed by atoms with E-state index in [0.717, 1.165) is 11.3 Å². The average molecular weight is 401 g/mol. The normalized spacial score (nSPS) is 19.2. The van der Waals surface area contributed by atoms with Crippen LogP contribution in [0.2, 0.25) is 0 Å². The van der Waals surface area contributed by atoms with Crippen LogP contribution < -0.4 is 5.32 Å². The minimum atomic E-state index is -0.281. The van der Waals surface area contributed by atoms with Crippen molar-refractivity contribution < 1.29 is 9.53 Å². The number of ether oxygens (including phenoxy) is 1. The Morgan fingerprint density at radius 2 is 2.11 bits per heavy atom. The Morgan fingerprint density at radius 1 is 1.36 bits per heavy atom. The van der Waals surface area contributed by atoms with Gasteiger partial charge in [0.05, 0.1) is 24.4 Å². The van der Waals surface area contributed by atoms with E-state index in [2.05, 4.69) is 48.6 Å². The van der Waals surface area contributed by atoms with E-state index in [1.54, 1.807) is 6.20 Å². The van der Waals surface area contributed by atoms with Crippen LogP contribution in [0.3, 0.4) is 0 Å². The van der Waals surface area contributed by atoms with Crippen LogP contribution in [0.15, 0.2) is 30.5 Å². The lowest BCUT2D eigenvalue weighted by molar-refractivity contribution is -0.143. The summed E-state index contributed by atoms with van der Waals surface area (Å²) in [5.74, 6) is -0.281. The lowest BCUT2D eigenvalue weighted by Gasteiger charge is -2.27. The first-order valence-corrected chi connectivity index (χ1v) is 10.1. The molecule has 3 rings (SSSR count). The smallest absolute Gasteiger partial charge is 0.325 e. The van der Waals surface area contributed by atoms with E-state index in [0.29, 0.717) is 17.8 Å². The number of thiocarbonyl (C=S) groups is 1. The van der Waals surface area contributed by atoms with Crippen LogP contribution in [-0.4, -0.2) is 38.7 Å². The van der Waals surface area contributed by atoms with Gasteiger partial charge in [0.25, 0.3) is 0 Å². The molecular formula is C21H28N4O2S. The zero-order valence-electron chi connectivity index (χ0n) is 17.1. The maximum atomic E-state index is 12.3. The Balaban J connectivity index is 2.07. The molecule has 0 spiro atoms. The van der Waals surface area contributed by atoms with Crippen molar-refractivity contribution in [1.82, 2.24) is 19.8 Å². The Labute approximate surface area is 171 Å². The Morgan fingerprint density at radius 3 is 2.68 bits per heavy atom. The van der Waals surface area contributed by atoms with Gasteiger partial charge in [-0.3, -0.25) is 9.78 Å². The summed E-state index contributed by atoms with van der Waals surface area (Å²) in [6.07, 6.45) is 1.78. The van der Waals surface area contributed by atoms with Crippen molar-refractivity contribution in [1.29, 1.82) is 0 Å². The standard InChI is InChI=1S/C21H28N4O2S/c1-6-27-18(26)12-24-20(16-11-14(4)25(13(2)3)15(16)5)19(23-21(24)28)17-9-7-8-10-22-17/h7-11,13,19-20H,6,12H2,1-5H3,(H,23,28). The highest BCUT2D eigenvalue weighted by Gasteiger charge is 2.42. The third-order valence-electron chi connectivity index (χ3n) is 5.16. The number of pyridine rings is 1. The predicted octanol–water partition coefficient (Wildman–Crippen LogP) is 3.62. The SMILES string of the molecule is CCOC(=O)CN1C(=S)NC(c2ccccn2)C1c1cc(C)n(C(C)C)c1C. The summed E-state index contributed by atoms with van der Waals surface area (Å²) in [4.78, 5) is 18.7. The summed E-state index contributed by atoms with van der Waals surface area (Å²) in [6.45, 7) is 10.9. The van der Waals surface area contributed by atoms with Crippen LogP contribution in [0, 0.1) is 13.8 Å². The maximum absolute atomic E-state index is 12.3. The van der Waals surface area contributed by atoms with Gasteiger partial charge in [0.15, 0.2) is 5.11 Å². The van der Waals surface area contributed by atoms with Crippen LogP contribution in [0.4, 0.5) is 0 Å². The van der Waals surface area contributed by atoms with Gasteiger partial charge in [-0.05, 0) is 70.6 Å². The maximum Gasteiger partial charge on any atom is 0.325 e. The number of nitrogens with zero attached hydrogens (tertiary/aromatic N) is 3. The molecule has 0 saturated carbocycles. The predicted molar refractivity (Wildman–Crippen MR) is 113 cm³/mol. The summed E-state index contributed by atoms with van der Waals surface area (Å²) in [7, 11) is 0. The third-order valence-corrected chi connectivity index (χ3v) is 5.51. The van der Waals surface area contributed by atoms with Crippen molar-refractivity contribution in [3.05, 3.63) is 53.1 Å². The monoisotopic (exact) mass is 400 g/mol. The first-order chi connectivity index (χ1) is 13.3. The second-order valence-corrected chi connectivity index (χ2v) is 7.74. The molecule has 2 unspecified atom stereocenters. The van der Waals surface area contributed by atoms with Crippen LogP contribution in [-0.2, 0) is 9.53 Å². The highest BCUT2D eigenvalue weighted by molar-refractivity contribution is 7.80. The molecule has 0 aliphatic carbocycles. The van der Waals surface area contributed by atoms with E-state index >= 15 is 0 Å². The lowest BCUT2D eigenvalue weighted by Crippen LogP contribution is -2.35. The fourth-order valence-corrected chi connectivity index (χ4v) is 4.46. The molecule has 1 fully saturated rings. The summed E-state index contributed by atoms with van der Waals surface area (Å²) in [5.41, 5.74) is 4.42. The summed E-state index contributed by atoms with van der Waals surface area (Å²) in [5, 5.41) is 3.92. The minimum absolute atomic E-state index is 0.110. The number of carbonyl (C=O) groups excluding carboxylic acids is 1. The van der Waals surface area contributed by atoms with E-state index in [9.17, 15) is 4.79 Å². The van der Waals surface area contributed by atoms with E-state index in [4.69, 9.17) is 17.0 Å². The van der Waals surface area contributed by atoms with Crippen molar-refractivity contribution in [2.45, 2.75) is 52.7 Å². The molecule has 0 amide bonds. The fourth-order valence-electron chi connectivity index (χ4n) is 4.16. The number of rotatable bonds is 6. The number of esters is 1. The lowest BCUT2D eigenvalue weighted by atomic mass is 9.97. The zero-order chi connectivity index (χ0) is 20.4. The number of nitrogens with one attached hydrogen (secondary N) is 1. The fraction of sp³-hybridized carbons (Fsp3) is 0.476. The van der Waals surface area contributed by atoms with Gasteiger partial charge in [-0.1, -0.05) is 6.07 Å². The molecular weight excluding hydrogens is 372 g/mol. The zero-order valence-corrected chi connectivity index (χ0v) is 17.9. The minimum Gasteiger partial charge on any atom is -0.465 e. The number of carbonyl (C=O) groups is 1. The van der Waals surface area contributed by atoms with Gasteiger partial charge in [-0.2, -0.15) is 0 Å². The van der Waals surface area contributed by atoms with Crippen molar-refractivity contribution in [2.24, 2.45) is 0 Å². The number of hydrogen-bond acceptors (Lipinski definition) is 4. The average Bonchev–Trinajstić information content (AvgIpc) is 3.12. The van der Waals surface area contributed by atoms with Crippen molar-refractivity contribution >= 4 is 23.3 Å². The van der Waals surface area contributed by atoms with Gasteiger partial charge >= 0.3 is 5.97 Å². The van der Waals surface area contributed by atoms with Crippen LogP contribution in [0.5, 0.6) is 0 Å². The van der Waals surface area contributed by atoms with Crippen LogP contribution in [0.1, 0.15) is 61.5 Å². The molecule has 2 aromatic rings. The highest BCUT2D eigenvalue weighted by atomic mass is 32.1. The second kappa shape index (κ2) is 8.31. The summed E-state index contributed by atoms with van der Waals surface area (Å²) in [6, 6.07) is 8.13. The van der Waals surface area contributed by atoms with Crippen molar-refractivity contribution in [3.8, 4) is 0 Å². The van der Waals surface area contributed by atoms with Gasteiger partial charge in [-0.25, -0.2) is 0 Å². The molecule has 2 atom stereocenters. The highest BCUT2D eigenvalue weighted by Crippen LogP contribution is 2.41. The molecule has 1 N–H and O–H groups in total. The molecule has 28 heavy (non-hydrogen) atoms. The molecule has 1 aliphatic rings. The molecule has 150 valence electrons. The molecule has 0 radical (unpaired) electrons. The van der Waals surface area contributed by atoms with Gasteiger partial charge in [-0.15, -0.1) is 0 Å². The van der Waals surface area contributed by atoms with E-state index < -0.39 is 0 Å². The van der Waals surface area contributed by atoms with Gasteiger partial charge in [0, 0.05) is 23.6 Å². The second-order valence-electron chi connectivity index (χ2n) is 7.35. The van der Waals surface area contributed by atoms with E-state index in [1.807, 2.05) is 30.0 Å². The molecule has 1 saturated heterocycles. The molecule has 2 aromatic heterocycles. The van der Waals surface area contributed by atoms with Crippen molar-refractivity contribution in [2.75, 3.05) is 13.2 Å². The number of hydrogen-bond donors (Lipinski definition) is 1. The Hall–Kier alpha value is -2.41. The van der Waals surface area contributed by atoms with Crippen molar-refractivity contribution in [3.63, 3.8) is 0 Å². The summed E-state index contributed by atoms with van der Waals surface area (Å²) < 4.78 is 7.50. The first-order valence-electron chi connectivity index (χ1n) is 9.67. The van der Waals surface area contributed by atoms with Gasteiger partial charge in [0.2, 0.25) is 0 Å². The molecule has 0 aromatic carbocycles. The number of aryl methyl sites for hydroxylation is 1. The van der Waals surface area contributed by atoms with E-state index in [-0.39, 0.29) is 24.6 Å². The summed E-state index contributed by atoms with van der Waals surface area (Å²) >= 11 is 5.60. The van der Waals surface area contributed by atoms with Gasteiger partial charge in [0.1, 0.15) is 6.54 Å². The van der Waals surface area contributed by atoms with E-state index in [1.165, 1.54) is 11.4 Å². The third kappa shape index (κ3) is 3.76. The Bertz CT molecular complexity index is 863. The quantitative estimate of drug-likeness (QED) is 0.590. The molecule has 3 heterocycles. The molecule has 0 bridgehead atoms. The number of aromatic nitrogens is 2. The molecule has 7 heteroatoms. The molecule has 6 nitrogen and oxygen atoms in total. The molecule has 1 aliphatic heterocycles. The largest absolute Gasteiger partial charge is 0.465 e. The van der Waals surface area contributed by atoms with Crippen LogP contribution in [0.25, 0.3) is 0 Å². The van der Waals surface area contributed by atoms with Crippen LogP contribution >= 0.6 is 12.2 Å².